The Balaban J connectivity index is 0.974. The van der Waals surface area contributed by atoms with Crippen molar-refractivity contribution in [2.75, 3.05) is 4.90 Å². The molecule has 7 aromatic carbocycles. The summed E-state index contributed by atoms with van der Waals surface area (Å²) in [5.41, 5.74) is 14.7. The van der Waals surface area contributed by atoms with Gasteiger partial charge in [0.25, 0.3) is 0 Å². The molecule has 11 rings (SSSR count). The van der Waals surface area contributed by atoms with E-state index in [2.05, 4.69) is 169 Å². The Labute approximate surface area is 335 Å². The van der Waals surface area contributed by atoms with Gasteiger partial charge in [0.05, 0.1) is 22.4 Å². The van der Waals surface area contributed by atoms with Gasteiger partial charge in [-0.25, -0.2) is 9.97 Å². The third-order valence-electron chi connectivity index (χ3n) is 10.9. The molecule has 0 spiro atoms. The topological polar surface area (TPSA) is 55.1 Å². The first-order chi connectivity index (χ1) is 28.7. The highest BCUT2D eigenvalue weighted by molar-refractivity contribution is 6.04. The molecule has 5 heteroatoms. The number of anilines is 3. The first-order valence-electron chi connectivity index (χ1n) is 19.4. The number of hydrogen-bond acceptors (Lipinski definition) is 5. The fourth-order valence-electron chi connectivity index (χ4n) is 8.00. The maximum Gasteiger partial charge on any atom is 0.227 e. The van der Waals surface area contributed by atoms with E-state index in [0.717, 1.165) is 78.1 Å². The first kappa shape index (κ1) is 33.4. The molecule has 0 saturated heterocycles. The lowest BCUT2D eigenvalue weighted by atomic mass is 10.00. The van der Waals surface area contributed by atoms with Gasteiger partial charge in [0.1, 0.15) is 5.58 Å². The number of hydrogen-bond donors (Lipinski definition) is 0. The molecule has 0 bridgehead atoms. The van der Waals surface area contributed by atoms with Gasteiger partial charge in [-0.1, -0.05) is 121 Å². The van der Waals surface area contributed by atoms with Crippen LogP contribution in [-0.2, 0) is 0 Å². The Bertz CT molecular complexity index is 3260. The highest BCUT2D eigenvalue weighted by Crippen LogP contribution is 2.39. The molecule has 58 heavy (non-hydrogen) atoms. The maximum atomic E-state index is 6.12. The lowest BCUT2D eigenvalue weighted by Crippen LogP contribution is -2.09. The lowest BCUT2D eigenvalue weighted by molar-refractivity contribution is 0.654. The third-order valence-corrected chi connectivity index (χ3v) is 10.9. The van der Waals surface area contributed by atoms with Gasteiger partial charge in [-0.05, 0) is 106 Å². The number of furan rings is 1. The summed E-state index contributed by atoms with van der Waals surface area (Å²) in [6, 6.07) is 70.0. The summed E-state index contributed by atoms with van der Waals surface area (Å²) in [5, 5.41) is 4.56. The fourth-order valence-corrected chi connectivity index (χ4v) is 8.00. The van der Waals surface area contributed by atoms with Gasteiger partial charge in [-0.2, -0.15) is 0 Å². The predicted molar refractivity (Wildman–Crippen MR) is 239 cm³/mol. The van der Waals surface area contributed by atoms with Crippen molar-refractivity contribution in [1.29, 1.82) is 0 Å². The Hall–Kier alpha value is -7.89. The molecule has 0 atom stereocenters. The number of pyridine rings is 3. The van der Waals surface area contributed by atoms with Crippen molar-refractivity contribution in [2.24, 2.45) is 0 Å². The van der Waals surface area contributed by atoms with E-state index in [1.807, 2.05) is 42.6 Å². The number of rotatable bonds is 7. The van der Waals surface area contributed by atoms with Gasteiger partial charge in [-0.15, -0.1) is 0 Å². The molecule has 4 heterocycles. The molecule has 0 aliphatic carbocycles. The van der Waals surface area contributed by atoms with Crippen LogP contribution in [0.5, 0.6) is 0 Å². The van der Waals surface area contributed by atoms with E-state index >= 15 is 0 Å². The second-order valence-corrected chi connectivity index (χ2v) is 14.5. The average Bonchev–Trinajstić information content (AvgIpc) is 3.68. The van der Waals surface area contributed by atoms with Gasteiger partial charge in [0, 0.05) is 50.7 Å². The van der Waals surface area contributed by atoms with Crippen molar-refractivity contribution in [3.63, 3.8) is 0 Å². The van der Waals surface area contributed by atoms with Gasteiger partial charge in [-0.3, -0.25) is 4.98 Å². The molecule has 0 saturated carbocycles. The second-order valence-electron chi connectivity index (χ2n) is 14.5. The zero-order chi connectivity index (χ0) is 38.4. The molecule has 0 fully saturated rings. The zero-order valence-corrected chi connectivity index (χ0v) is 31.3. The van der Waals surface area contributed by atoms with Crippen LogP contribution >= 0.6 is 0 Å². The molecule has 5 nitrogen and oxygen atoms in total. The quantitative estimate of drug-likeness (QED) is 0.163. The minimum atomic E-state index is 0.643. The van der Waals surface area contributed by atoms with Crippen LogP contribution < -0.4 is 4.90 Å². The minimum absolute atomic E-state index is 0.643. The van der Waals surface area contributed by atoms with E-state index in [4.69, 9.17) is 19.4 Å². The third kappa shape index (κ3) is 6.03. The van der Waals surface area contributed by atoms with Crippen LogP contribution in [0.2, 0.25) is 0 Å². The van der Waals surface area contributed by atoms with Crippen molar-refractivity contribution in [3.05, 3.63) is 206 Å². The van der Waals surface area contributed by atoms with Crippen LogP contribution in [-0.4, -0.2) is 15.0 Å². The van der Waals surface area contributed by atoms with E-state index in [0.29, 0.717) is 5.71 Å². The van der Waals surface area contributed by atoms with Gasteiger partial charge >= 0.3 is 0 Å². The summed E-state index contributed by atoms with van der Waals surface area (Å²) >= 11 is 0. The van der Waals surface area contributed by atoms with Gasteiger partial charge < -0.3 is 9.32 Å². The molecule has 0 amide bonds. The van der Waals surface area contributed by atoms with E-state index in [-0.39, 0.29) is 0 Å². The van der Waals surface area contributed by atoms with Gasteiger partial charge in [0.2, 0.25) is 5.71 Å². The Kier molecular flexibility index (Phi) is 8.07. The minimum Gasteiger partial charge on any atom is -0.438 e. The lowest BCUT2D eigenvalue weighted by Gasteiger charge is -2.26. The van der Waals surface area contributed by atoms with Crippen LogP contribution in [0.25, 0.3) is 88.6 Å². The number of benzene rings is 7. The van der Waals surface area contributed by atoms with Crippen molar-refractivity contribution < 1.29 is 4.42 Å². The number of aromatic nitrogens is 3. The summed E-state index contributed by atoms with van der Waals surface area (Å²) in [7, 11) is 0. The molecule has 0 N–H and O–H groups in total. The van der Waals surface area contributed by atoms with E-state index in [1.165, 1.54) is 21.9 Å². The van der Waals surface area contributed by atoms with E-state index in [9.17, 15) is 0 Å². The highest BCUT2D eigenvalue weighted by atomic mass is 16.3. The smallest absolute Gasteiger partial charge is 0.227 e. The first-order valence-corrected chi connectivity index (χ1v) is 19.4. The number of nitrogens with zero attached hydrogens (tertiary/aromatic N) is 4. The van der Waals surface area contributed by atoms with Crippen molar-refractivity contribution in [3.8, 4) is 44.8 Å². The largest absolute Gasteiger partial charge is 0.438 e. The normalized spacial score (nSPS) is 11.4. The van der Waals surface area contributed by atoms with Crippen molar-refractivity contribution in [1.82, 2.24) is 15.0 Å². The molecule has 272 valence electrons. The molecule has 0 unspecified atom stereocenters. The Morgan fingerprint density at radius 3 is 1.79 bits per heavy atom. The Morgan fingerprint density at radius 1 is 0.397 bits per heavy atom. The standard InChI is InChI=1S/C53H34N4O/c1-2-10-37(11-3-1)47-34-50(55-49-14-8-32-54-52(47)49)39-22-28-44(29-23-39)57(42-24-18-36(19-25-42)41-17-16-35-9-4-5-12-40(35)33-41)43-26-20-38(21-27-43)48-31-30-46-45-13-6-7-15-51(45)58-53(46)56-48/h1-34H. The number of para-hydroxylation sites is 1. The molecule has 11 aromatic rings. The molecular weight excluding hydrogens is 709 g/mol. The molecule has 0 radical (unpaired) electrons. The fraction of sp³-hybridized carbons (Fsp3) is 0. The molecule has 4 aromatic heterocycles. The van der Waals surface area contributed by atoms with Crippen LogP contribution in [0.4, 0.5) is 17.1 Å². The van der Waals surface area contributed by atoms with E-state index in [1.54, 1.807) is 0 Å². The summed E-state index contributed by atoms with van der Waals surface area (Å²) < 4.78 is 6.12. The summed E-state index contributed by atoms with van der Waals surface area (Å²) in [6.07, 6.45) is 1.83. The highest BCUT2D eigenvalue weighted by Gasteiger charge is 2.16. The molecule has 0 aliphatic rings. The van der Waals surface area contributed by atoms with Crippen LogP contribution in [0, 0.1) is 0 Å². The maximum absolute atomic E-state index is 6.12. The molecule has 0 aliphatic heterocycles. The summed E-state index contributed by atoms with van der Waals surface area (Å²) in [4.78, 5) is 17.0. The summed E-state index contributed by atoms with van der Waals surface area (Å²) in [5.74, 6) is 0. The van der Waals surface area contributed by atoms with Crippen molar-refractivity contribution in [2.45, 2.75) is 0 Å². The van der Waals surface area contributed by atoms with Crippen LogP contribution in [0.15, 0.2) is 211 Å². The van der Waals surface area contributed by atoms with Gasteiger partial charge in [0.15, 0.2) is 0 Å². The number of fused-ring (bicyclic) bond motifs is 5. The molecular formula is C53H34N4O. The van der Waals surface area contributed by atoms with Crippen LogP contribution in [0.3, 0.4) is 0 Å². The predicted octanol–water partition coefficient (Wildman–Crippen LogP) is 14.2. The van der Waals surface area contributed by atoms with E-state index < -0.39 is 0 Å². The van der Waals surface area contributed by atoms with Crippen LogP contribution in [0.1, 0.15) is 0 Å². The SMILES string of the molecule is c1ccc(-c2cc(-c3ccc(N(c4ccc(-c5ccc6ccccc6c5)cc4)c4ccc(-c5ccc6c(n5)oc5ccccc56)cc4)cc3)nc3cccnc23)cc1. The summed E-state index contributed by atoms with van der Waals surface area (Å²) in [6.45, 7) is 0. The van der Waals surface area contributed by atoms with Crippen molar-refractivity contribution >= 4 is 60.9 Å². The monoisotopic (exact) mass is 742 g/mol. The Morgan fingerprint density at radius 2 is 1.03 bits per heavy atom. The second kappa shape index (κ2) is 14.0. The average molecular weight is 743 g/mol. The zero-order valence-electron chi connectivity index (χ0n) is 31.3.